The number of ether oxygens (including phenoxy) is 1. The van der Waals surface area contributed by atoms with Crippen LogP contribution in [0.15, 0.2) is 18.5 Å². The van der Waals surface area contributed by atoms with Gasteiger partial charge in [0.25, 0.3) is 0 Å². The Morgan fingerprint density at radius 1 is 1.65 bits per heavy atom. The Morgan fingerprint density at radius 2 is 2.47 bits per heavy atom. The molecule has 2 N–H and O–H groups in total. The van der Waals surface area contributed by atoms with E-state index in [1.165, 1.54) is 11.1 Å². The molecule has 0 aromatic carbocycles. The highest BCUT2D eigenvalue weighted by Crippen LogP contribution is 2.11. The lowest BCUT2D eigenvalue weighted by molar-refractivity contribution is 0.00387. The SMILES string of the molecule is Cc1cncc(CN2CCOC(C(N)=S)C2)c1. The van der Waals surface area contributed by atoms with Gasteiger partial charge in [-0.3, -0.25) is 9.88 Å². The third-order valence-corrected chi connectivity index (χ3v) is 3.07. The van der Waals surface area contributed by atoms with Gasteiger partial charge < -0.3 is 10.5 Å². The van der Waals surface area contributed by atoms with E-state index in [1.54, 1.807) is 0 Å². The summed E-state index contributed by atoms with van der Waals surface area (Å²) in [5, 5.41) is 0. The summed E-state index contributed by atoms with van der Waals surface area (Å²) in [6, 6.07) is 2.15. The number of aromatic nitrogens is 1. The molecule has 2 rings (SSSR count). The molecule has 0 radical (unpaired) electrons. The van der Waals surface area contributed by atoms with E-state index in [-0.39, 0.29) is 6.10 Å². The number of morpholine rings is 1. The van der Waals surface area contributed by atoms with Gasteiger partial charge in [-0.15, -0.1) is 0 Å². The van der Waals surface area contributed by atoms with Crippen LogP contribution in [0, 0.1) is 6.92 Å². The number of rotatable bonds is 3. The third kappa shape index (κ3) is 3.46. The van der Waals surface area contributed by atoms with Gasteiger partial charge in [-0.2, -0.15) is 0 Å². The minimum atomic E-state index is -0.114. The van der Waals surface area contributed by atoms with Gasteiger partial charge >= 0.3 is 0 Å². The van der Waals surface area contributed by atoms with E-state index in [2.05, 4.69) is 16.0 Å². The van der Waals surface area contributed by atoms with E-state index in [0.29, 0.717) is 11.6 Å². The second-order valence-electron chi connectivity index (χ2n) is 4.37. The number of nitrogens with two attached hydrogens (primary N) is 1. The predicted molar refractivity (Wildman–Crippen MR) is 70.8 cm³/mol. The molecule has 2 heterocycles. The maximum absolute atomic E-state index is 5.61. The monoisotopic (exact) mass is 251 g/mol. The summed E-state index contributed by atoms with van der Waals surface area (Å²) in [5.41, 5.74) is 8.01. The number of thiocarbonyl (C=S) groups is 1. The summed E-state index contributed by atoms with van der Waals surface area (Å²) in [4.78, 5) is 6.93. The topological polar surface area (TPSA) is 51.4 Å². The van der Waals surface area contributed by atoms with Gasteiger partial charge in [0.2, 0.25) is 0 Å². The van der Waals surface area contributed by atoms with Crippen LogP contribution in [-0.2, 0) is 11.3 Å². The van der Waals surface area contributed by atoms with Crippen LogP contribution in [0.3, 0.4) is 0 Å². The molecule has 0 spiro atoms. The van der Waals surface area contributed by atoms with Crippen LogP contribution in [0.2, 0.25) is 0 Å². The van der Waals surface area contributed by atoms with E-state index in [4.69, 9.17) is 22.7 Å². The molecule has 1 aromatic rings. The Labute approximate surface area is 107 Å². The van der Waals surface area contributed by atoms with Gasteiger partial charge in [0.05, 0.1) is 6.61 Å². The zero-order valence-electron chi connectivity index (χ0n) is 9.93. The highest BCUT2D eigenvalue weighted by molar-refractivity contribution is 7.80. The van der Waals surface area contributed by atoms with Crippen LogP contribution in [-0.4, -0.2) is 40.7 Å². The first kappa shape index (κ1) is 12.4. The van der Waals surface area contributed by atoms with Crippen molar-refractivity contribution >= 4 is 17.2 Å². The van der Waals surface area contributed by atoms with E-state index in [9.17, 15) is 0 Å². The quantitative estimate of drug-likeness (QED) is 0.808. The van der Waals surface area contributed by atoms with Gasteiger partial charge in [0.1, 0.15) is 11.1 Å². The Balaban J connectivity index is 1.97. The molecule has 0 amide bonds. The third-order valence-electron chi connectivity index (χ3n) is 2.81. The molecule has 1 unspecified atom stereocenters. The Hall–Kier alpha value is -1.04. The number of hydrogen-bond acceptors (Lipinski definition) is 4. The highest BCUT2D eigenvalue weighted by Gasteiger charge is 2.22. The molecule has 17 heavy (non-hydrogen) atoms. The van der Waals surface area contributed by atoms with E-state index in [0.717, 1.165) is 19.6 Å². The molecule has 1 fully saturated rings. The first-order valence-corrected chi connectivity index (χ1v) is 6.10. The van der Waals surface area contributed by atoms with Crippen molar-refractivity contribution in [3.8, 4) is 0 Å². The maximum atomic E-state index is 5.61. The Kier molecular flexibility index (Phi) is 4.04. The summed E-state index contributed by atoms with van der Waals surface area (Å²) in [6.45, 7) is 5.28. The van der Waals surface area contributed by atoms with Crippen LogP contribution >= 0.6 is 12.2 Å². The van der Waals surface area contributed by atoms with Gasteiger partial charge in [-0.25, -0.2) is 0 Å². The molecule has 4 nitrogen and oxygen atoms in total. The van der Waals surface area contributed by atoms with Crippen molar-refractivity contribution in [2.75, 3.05) is 19.7 Å². The zero-order chi connectivity index (χ0) is 12.3. The van der Waals surface area contributed by atoms with Crippen LogP contribution in [0.1, 0.15) is 11.1 Å². The minimum absolute atomic E-state index is 0.114. The molecule has 1 aliphatic rings. The first-order valence-electron chi connectivity index (χ1n) is 5.69. The largest absolute Gasteiger partial charge is 0.391 e. The lowest BCUT2D eigenvalue weighted by atomic mass is 10.2. The summed E-state index contributed by atoms with van der Waals surface area (Å²) >= 11 is 4.97. The van der Waals surface area contributed by atoms with Crippen molar-refractivity contribution in [1.29, 1.82) is 0 Å². The van der Waals surface area contributed by atoms with Crippen LogP contribution < -0.4 is 5.73 Å². The smallest absolute Gasteiger partial charge is 0.120 e. The van der Waals surface area contributed by atoms with E-state index >= 15 is 0 Å². The van der Waals surface area contributed by atoms with E-state index < -0.39 is 0 Å². The average Bonchev–Trinajstić information content (AvgIpc) is 2.29. The second kappa shape index (κ2) is 5.53. The standard InChI is InChI=1S/C12H17N3OS/c1-9-4-10(6-14-5-9)7-15-2-3-16-11(8-15)12(13)17/h4-6,11H,2-3,7-8H2,1H3,(H2,13,17). The molecule has 92 valence electrons. The normalized spacial score (nSPS) is 21.4. The number of pyridine rings is 1. The van der Waals surface area contributed by atoms with Gasteiger partial charge in [-0.1, -0.05) is 18.3 Å². The van der Waals surface area contributed by atoms with Crippen LogP contribution in [0.5, 0.6) is 0 Å². The molecule has 0 bridgehead atoms. The van der Waals surface area contributed by atoms with Crippen molar-refractivity contribution in [2.24, 2.45) is 5.73 Å². The second-order valence-corrected chi connectivity index (χ2v) is 4.84. The molecule has 1 aliphatic heterocycles. The molecule has 0 aliphatic carbocycles. The summed E-state index contributed by atoms with van der Waals surface area (Å²) in [5.74, 6) is 0. The minimum Gasteiger partial charge on any atom is -0.391 e. The van der Waals surface area contributed by atoms with Gasteiger partial charge in [0, 0.05) is 32.0 Å². The summed E-state index contributed by atoms with van der Waals surface area (Å²) in [7, 11) is 0. The molecular weight excluding hydrogens is 234 g/mol. The summed E-state index contributed by atoms with van der Waals surface area (Å²) in [6.07, 6.45) is 3.65. The molecule has 0 saturated carbocycles. The molecule has 1 aromatic heterocycles. The fourth-order valence-electron chi connectivity index (χ4n) is 1.98. The lowest BCUT2D eigenvalue weighted by Crippen LogP contribution is -2.47. The lowest BCUT2D eigenvalue weighted by Gasteiger charge is -2.32. The fourth-order valence-corrected chi connectivity index (χ4v) is 2.12. The number of nitrogens with zero attached hydrogens (tertiary/aromatic N) is 2. The summed E-state index contributed by atoms with van der Waals surface area (Å²) < 4.78 is 5.51. The Morgan fingerprint density at radius 3 is 3.18 bits per heavy atom. The van der Waals surface area contributed by atoms with E-state index in [1.807, 2.05) is 19.3 Å². The molecular formula is C12H17N3OS. The maximum Gasteiger partial charge on any atom is 0.120 e. The molecule has 1 saturated heterocycles. The van der Waals surface area contributed by atoms with Crippen molar-refractivity contribution in [3.63, 3.8) is 0 Å². The van der Waals surface area contributed by atoms with Crippen LogP contribution in [0.25, 0.3) is 0 Å². The first-order chi connectivity index (χ1) is 8.15. The van der Waals surface area contributed by atoms with Crippen molar-refractivity contribution in [3.05, 3.63) is 29.6 Å². The van der Waals surface area contributed by atoms with Gasteiger partial charge in [0.15, 0.2) is 0 Å². The number of hydrogen-bond donors (Lipinski definition) is 1. The Bertz CT molecular complexity index is 410. The molecule has 5 heteroatoms. The zero-order valence-corrected chi connectivity index (χ0v) is 10.7. The van der Waals surface area contributed by atoms with Crippen molar-refractivity contribution in [1.82, 2.24) is 9.88 Å². The van der Waals surface area contributed by atoms with Crippen molar-refractivity contribution in [2.45, 2.75) is 19.6 Å². The predicted octanol–water partition coefficient (Wildman–Crippen LogP) is 0.877. The van der Waals surface area contributed by atoms with Gasteiger partial charge in [-0.05, 0) is 18.1 Å². The fraction of sp³-hybridized carbons (Fsp3) is 0.500. The van der Waals surface area contributed by atoms with Crippen molar-refractivity contribution < 1.29 is 4.74 Å². The number of aryl methyl sites for hydroxylation is 1. The average molecular weight is 251 g/mol. The molecule has 1 atom stereocenters. The van der Waals surface area contributed by atoms with Crippen LogP contribution in [0.4, 0.5) is 0 Å². The highest BCUT2D eigenvalue weighted by atomic mass is 32.1.